The smallest absolute Gasteiger partial charge is 0.0860 e. The highest BCUT2D eigenvalue weighted by Crippen LogP contribution is 2.20. The number of aliphatic hydroxyl groups is 1. The Hall–Kier alpha value is -0.580. The van der Waals surface area contributed by atoms with E-state index in [1.807, 2.05) is 27.8 Å². The number of nitrogens with zero attached hydrogens (tertiary/aromatic N) is 2. The molecule has 0 amide bonds. The van der Waals surface area contributed by atoms with Crippen molar-refractivity contribution in [3.63, 3.8) is 0 Å². The molecule has 16 heavy (non-hydrogen) atoms. The van der Waals surface area contributed by atoms with Crippen molar-refractivity contribution in [3.8, 4) is 0 Å². The highest BCUT2D eigenvalue weighted by atomic mass is 35.5. The Kier molecular flexibility index (Phi) is 3.99. The van der Waals surface area contributed by atoms with Gasteiger partial charge in [-0.15, -0.1) is 0 Å². The van der Waals surface area contributed by atoms with Gasteiger partial charge in [0.15, 0.2) is 0 Å². The molecule has 0 aromatic carbocycles. The first-order valence-electron chi connectivity index (χ1n) is 5.36. The summed E-state index contributed by atoms with van der Waals surface area (Å²) in [6.45, 7) is 8.15. The quantitative estimate of drug-likeness (QED) is 0.848. The Bertz CT molecular complexity index is 372. The monoisotopic (exact) mass is 245 g/mol. The Balaban J connectivity index is 2.75. The highest BCUT2D eigenvalue weighted by Gasteiger charge is 2.24. The normalized spacial score (nSPS) is 14.2. The van der Waals surface area contributed by atoms with Crippen molar-refractivity contribution in [2.75, 3.05) is 0 Å². The summed E-state index contributed by atoms with van der Waals surface area (Å²) < 4.78 is 1.77. The van der Waals surface area contributed by atoms with Crippen molar-refractivity contribution < 1.29 is 5.11 Å². The number of halogens is 1. The predicted molar refractivity (Wildman–Crippen MR) is 65.6 cm³/mol. The molecule has 92 valence electrons. The van der Waals surface area contributed by atoms with Crippen LogP contribution in [0.3, 0.4) is 0 Å². The maximum Gasteiger partial charge on any atom is 0.0860 e. The van der Waals surface area contributed by atoms with Gasteiger partial charge in [0, 0.05) is 19.1 Å². The van der Waals surface area contributed by atoms with Gasteiger partial charge in [-0.05, 0) is 27.7 Å². The van der Waals surface area contributed by atoms with E-state index in [0.29, 0.717) is 11.6 Å². The van der Waals surface area contributed by atoms with Crippen molar-refractivity contribution in [1.82, 2.24) is 15.1 Å². The van der Waals surface area contributed by atoms with Gasteiger partial charge in [-0.3, -0.25) is 4.68 Å². The molecule has 1 rings (SSSR count). The molecule has 5 heteroatoms. The SMILES string of the molecule is Cc1nn(C)c(CNC(C)(C)C(C)O)c1Cl. The molecule has 1 aromatic rings. The van der Waals surface area contributed by atoms with Crippen LogP contribution in [0.15, 0.2) is 0 Å². The Morgan fingerprint density at radius 1 is 1.56 bits per heavy atom. The van der Waals surface area contributed by atoms with E-state index in [1.54, 1.807) is 11.6 Å². The van der Waals surface area contributed by atoms with Crippen molar-refractivity contribution in [1.29, 1.82) is 0 Å². The molecule has 1 atom stereocenters. The number of rotatable bonds is 4. The third-order valence-corrected chi connectivity index (χ3v) is 3.51. The van der Waals surface area contributed by atoms with Gasteiger partial charge in [0.2, 0.25) is 0 Å². The number of hydrogen-bond acceptors (Lipinski definition) is 3. The van der Waals surface area contributed by atoms with Crippen LogP contribution in [0.25, 0.3) is 0 Å². The van der Waals surface area contributed by atoms with Crippen LogP contribution in [0, 0.1) is 6.92 Å². The van der Waals surface area contributed by atoms with E-state index in [4.69, 9.17) is 11.6 Å². The van der Waals surface area contributed by atoms with Gasteiger partial charge in [-0.25, -0.2) is 0 Å². The van der Waals surface area contributed by atoms with E-state index in [1.165, 1.54) is 0 Å². The molecule has 0 fully saturated rings. The van der Waals surface area contributed by atoms with Gasteiger partial charge in [0.25, 0.3) is 0 Å². The first kappa shape index (κ1) is 13.5. The van der Waals surface area contributed by atoms with Gasteiger partial charge >= 0.3 is 0 Å². The average Bonchev–Trinajstić information content (AvgIpc) is 2.39. The second-order valence-corrected chi connectivity index (χ2v) is 5.10. The average molecular weight is 246 g/mol. The lowest BCUT2D eigenvalue weighted by Crippen LogP contribution is -2.47. The van der Waals surface area contributed by atoms with Crippen LogP contribution in [0.5, 0.6) is 0 Å². The molecule has 0 radical (unpaired) electrons. The Labute approximate surface area is 102 Å². The van der Waals surface area contributed by atoms with Crippen LogP contribution in [-0.2, 0) is 13.6 Å². The lowest BCUT2D eigenvalue weighted by molar-refractivity contribution is 0.0952. The third-order valence-electron chi connectivity index (χ3n) is 3.02. The number of aryl methyl sites for hydroxylation is 2. The number of aromatic nitrogens is 2. The lowest BCUT2D eigenvalue weighted by Gasteiger charge is -2.29. The van der Waals surface area contributed by atoms with Crippen LogP contribution in [0.1, 0.15) is 32.2 Å². The topological polar surface area (TPSA) is 50.1 Å². The molecule has 1 unspecified atom stereocenters. The maximum absolute atomic E-state index is 9.58. The molecule has 2 N–H and O–H groups in total. The Morgan fingerprint density at radius 2 is 2.12 bits per heavy atom. The van der Waals surface area contributed by atoms with E-state index in [0.717, 1.165) is 11.4 Å². The molecule has 0 aliphatic rings. The van der Waals surface area contributed by atoms with Crippen molar-refractivity contribution in [2.24, 2.45) is 7.05 Å². The zero-order valence-corrected chi connectivity index (χ0v) is 11.3. The zero-order valence-electron chi connectivity index (χ0n) is 10.5. The lowest BCUT2D eigenvalue weighted by atomic mass is 9.99. The maximum atomic E-state index is 9.58. The molecule has 4 nitrogen and oxygen atoms in total. The molecule has 0 saturated carbocycles. The highest BCUT2D eigenvalue weighted by molar-refractivity contribution is 6.31. The van der Waals surface area contributed by atoms with Crippen LogP contribution >= 0.6 is 11.6 Å². The fraction of sp³-hybridized carbons (Fsp3) is 0.727. The second-order valence-electron chi connectivity index (χ2n) is 4.72. The van der Waals surface area contributed by atoms with E-state index >= 15 is 0 Å². The molecule has 0 saturated heterocycles. The zero-order chi connectivity index (χ0) is 12.5. The van der Waals surface area contributed by atoms with E-state index in [9.17, 15) is 5.11 Å². The molecular weight excluding hydrogens is 226 g/mol. The van der Waals surface area contributed by atoms with Crippen LogP contribution in [0.2, 0.25) is 5.02 Å². The van der Waals surface area contributed by atoms with Crippen molar-refractivity contribution in [3.05, 3.63) is 16.4 Å². The molecule has 1 aromatic heterocycles. The molecule has 0 aliphatic carbocycles. The fourth-order valence-corrected chi connectivity index (χ4v) is 1.56. The summed E-state index contributed by atoms with van der Waals surface area (Å²) in [6, 6.07) is 0. The van der Waals surface area contributed by atoms with Gasteiger partial charge < -0.3 is 10.4 Å². The predicted octanol–water partition coefficient (Wildman–Crippen LogP) is 1.63. The summed E-state index contributed by atoms with van der Waals surface area (Å²) in [5, 5.41) is 17.8. The van der Waals surface area contributed by atoms with E-state index in [-0.39, 0.29) is 5.54 Å². The number of aliphatic hydroxyl groups excluding tert-OH is 1. The minimum atomic E-state index is -0.430. The number of nitrogens with one attached hydrogen (secondary N) is 1. The third kappa shape index (κ3) is 2.75. The Morgan fingerprint density at radius 3 is 2.50 bits per heavy atom. The van der Waals surface area contributed by atoms with Crippen LogP contribution in [-0.4, -0.2) is 26.5 Å². The van der Waals surface area contributed by atoms with Gasteiger partial charge in [0.1, 0.15) is 0 Å². The van der Waals surface area contributed by atoms with Crippen LogP contribution in [0.4, 0.5) is 0 Å². The second kappa shape index (κ2) is 4.73. The van der Waals surface area contributed by atoms with Gasteiger partial charge in [0.05, 0.1) is 22.5 Å². The van der Waals surface area contributed by atoms with Gasteiger partial charge in [-0.1, -0.05) is 11.6 Å². The molecular formula is C11H20ClN3O. The molecule has 1 heterocycles. The molecule has 0 spiro atoms. The summed E-state index contributed by atoms with van der Waals surface area (Å²) in [7, 11) is 1.87. The van der Waals surface area contributed by atoms with Gasteiger partial charge in [-0.2, -0.15) is 5.10 Å². The minimum Gasteiger partial charge on any atom is -0.392 e. The number of hydrogen-bond donors (Lipinski definition) is 2. The summed E-state index contributed by atoms with van der Waals surface area (Å²) in [6.07, 6.45) is -0.430. The summed E-state index contributed by atoms with van der Waals surface area (Å²) in [4.78, 5) is 0. The first-order valence-corrected chi connectivity index (χ1v) is 5.74. The molecule has 0 aliphatic heterocycles. The largest absolute Gasteiger partial charge is 0.392 e. The fourth-order valence-electron chi connectivity index (χ4n) is 1.33. The molecule has 0 bridgehead atoms. The van der Waals surface area contributed by atoms with Crippen molar-refractivity contribution >= 4 is 11.6 Å². The van der Waals surface area contributed by atoms with Crippen molar-refractivity contribution in [2.45, 2.75) is 45.9 Å². The first-order chi connectivity index (χ1) is 7.25. The minimum absolute atomic E-state index is 0.346. The summed E-state index contributed by atoms with van der Waals surface area (Å²) in [5.74, 6) is 0. The summed E-state index contributed by atoms with van der Waals surface area (Å²) in [5.41, 5.74) is 1.42. The van der Waals surface area contributed by atoms with Crippen LogP contribution < -0.4 is 5.32 Å². The van der Waals surface area contributed by atoms with E-state index < -0.39 is 6.10 Å². The standard InChI is InChI=1S/C11H20ClN3O/c1-7-10(12)9(15(5)14-7)6-13-11(3,4)8(2)16/h8,13,16H,6H2,1-5H3. The van der Waals surface area contributed by atoms with E-state index in [2.05, 4.69) is 10.4 Å². The summed E-state index contributed by atoms with van der Waals surface area (Å²) >= 11 is 6.14.